The van der Waals surface area contributed by atoms with Gasteiger partial charge in [-0.15, -0.1) is 0 Å². The van der Waals surface area contributed by atoms with Crippen molar-refractivity contribution >= 4 is 0 Å². The summed E-state index contributed by atoms with van der Waals surface area (Å²) in [5.41, 5.74) is 0.846. The highest BCUT2D eigenvalue weighted by atomic mass is 16.5. The Hall–Kier alpha value is -1.88. The van der Waals surface area contributed by atoms with E-state index < -0.39 is 0 Å². The van der Waals surface area contributed by atoms with Crippen molar-refractivity contribution in [3.05, 3.63) is 30.1 Å². The van der Waals surface area contributed by atoms with Crippen molar-refractivity contribution in [1.82, 2.24) is 10.1 Å². The number of nitrogens with zero attached hydrogens (tertiary/aromatic N) is 2. The maximum atomic E-state index is 5.72. The lowest BCUT2D eigenvalue weighted by atomic mass is 10.1. The molecule has 1 saturated heterocycles. The molecule has 5 nitrogen and oxygen atoms in total. The van der Waals surface area contributed by atoms with Gasteiger partial charge < -0.3 is 14.0 Å². The van der Waals surface area contributed by atoms with Gasteiger partial charge in [0, 0.05) is 12.5 Å². The first kappa shape index (κ1) is 13.1. The SMILES string of the molecule is CCCOc1ccccc1-c1nc([C@@H]2CCOC2)no1. The van der Waals surface area contributed by atoms with Crippen molar-refractivity contribution in [2.75, 3.05) is 19.8 Å². The lowest BCUT2D eigenvalue weighted by molar-refractivity contribution is 0.192. The molecule has 0 amide bonds. The molecule has 2 aromatic rings. The van der Waals surface area contributed by atoms with Gasteiger partial charge in [-0.1, -0.05) is 24.2 Å². The van der Waals surface area contributed by atoms with Crippen LogP contribution in [0.1, 0.15) is 31.5 Å². The van der Waals surface area contributed by atoms with Crippen LogP contribution in [-0.2, 0) is 4.74 Å². The second kappa shape index (κ2) is 6.05. The van der Waals surface area contributed by atoms with Gasteiger partial charge in [-0.2, -0.15) is 4.98 Å². The fourth-order valence-corrected chi connectivity index (χ4v) is 2.23. The zero-order valence-electron chi connectivity index (χ0n) is 11.5. The average Bonchev–Trinajstić information content (AvgIpc) is 3.15. The van der Waals surface area contributed by atoms with Crippen LogP contribution in [0.15, 0.2) is 28.8 Å². The van der Waals surface area contributed by atoms with Gasteiger partial charge in [-0.25, -0.2) is 0 Å². The number of ether oxygens (including phenoxy) is 2. The first-order chi connectivity index (χ1) is 9.88. The fraction of sp³-hybridized carbons (Fsp3) is 0.467. The summed E-state index contributed by atoms with van der Waals surface area (Å²) in [4.78, 5) is 4.49. The fourth-order valence-electron chi connectivity index (χ4n) is 2.23. The predicted octanol–water partition coefficient (Wildman–Crippen LogP) is 3.03. The van der Waals surface area contributed by atoms with E-state index in [0.29, 0.717) is 19.1 Å². The number of para-hydroxylation sites is 1. The molecule has 20 heavy (non-hydrogen) atoms. The normalized spacial score (nSPS) is 18.4. The second-order valence-corrected chi connectivity index (χ2v) is 4.86. The Morgan fingerprint density at radius 2 is 2.25 bits per heavy atom. The highest BCUT2D eigenvalue weighted by molar-refractivity contribution is 5.62. The van der Waals surface area contributed by atoms with Crippen molar-refractivity contribution in [2.24, 2.45) is 0 Å². The van der Waals surface area contributed by atoms with Gasteiger partial charge in [-0.05, 0) is 25.0 Å². The van der Waals surface area contributed by atoms with Gasteiger partial charge in [0.15, 0.2) is 5.82 Å². The van der Waals surface area contributed by atoms with Crippen LogP contribution in [0, 0.1) is 0 Å². The molecule has 3 rings (SSSR count). The molecule has 0 unspecified atom stereocenters. The number of aromatic nitrogens is 2. The molecule has 1 aromatic carbocycles. The molecule has 106 valence electrons. The largest absolute Gasteiger partial charge is 0.493 e. The summed E-state index contributed by atoms with van der Waals surface area (Å²) in [6.07, 6.45) is 1.91. The van der Waals surface area contributed by atoms with E-state index in [1.807, 2.05) is 24.3 Å². The molecule has 0 saturated carbocycles. The van der Waals surface area contributed by atoms with E-state index in [4.69, 9.17) is 14.0 Å². The quantitative estimate of drug-likeness (QED) is 0.838. The predicted molar refractivity (Wildman–Crippen MR) is 73.7 cm³/mol. The summed E-state index contributed by atoms with van der Waals surface area (Å²) in [6, 6.07) is 7.74. The molecule has 0 bridgehead atoms. The summed E-state index contributed by atoms with van der Waals surface area (Å²) in [7, 11) is 0. The van der Waals surface area contributed by atoms with E-state index in [-0.39, 0.29) is 5.92 Å². The molecule has 0 spiro atoms. The molecule has 0 aliphatic carbocycles. The van der Waals surface area contributed by atoms with Crippen LogP contribution in [-0.4, -0.2) is 30.0 Å². The minimum absolute atomic E-state index is 0.247. The third kappa shape index (κ3) is 2.67. The Morgan fingerprint density at radius 1 is 1.35 bits per heavy atom. The monoisotopic (exact) mass is 274 g/mol. The highest BCUT2D eigenvalue weighted by Gasteiger charge is 2.24. The molecule has 1 aromatic heterocycles. The van der Waals surface area contributed by atoms with E-state index in [0.717, 1.165) is 36.6 Å². The molecule has 1 aliphatic heterocycles. The van der Waals surface area contributed by atoms with E-state index in [1.165, 1.54) is 0 Å². The van der Waals surface area contributed by atoms with Crippen molar-refractivity contribution in [3.63, 3.8) is 0 Å². The Kier molecular flexibility index (Phi) is 3.97. The first-order valence-electron chi connectivity index (χ1n) is 7.02. The summed E-state index contributed by atoms with van der Waals surface area (Å²) in [5.74, 6) is 2.27. The molecule has 0 radical (unpaired) electrons. The Morgan fingerprint density at radius 3 is 3.05 bits per heavy atom. The highest BCUT2D eigenvalue weighted by Crippen LogP contribution is 2.31. The third-order valence-electron chi connectivity index (χ3n) is 3.32. The van der Waals surface area contributed by atoms with E-state index in [2.05, 4.69) is 17.1 Å². The van der Waals surface area contributed by atoms with Gasteiger partial charge >= 0.3 is 0 Å². The number of hydrogen-bond donors (Lipinski definition) is 0. The van der Waals surface area contributed by atoms with E-state index >= 15 is 0 Å². The van der Waals surface area contributed by atoms with Gasteiger partial charge in [0.2, 0.25) is 0 Å². The van der Waals surface area contributed by atoms with E-state index in [9.17, 15) is 0 Å². The summed E-state index contributed by atoms with van der Waals surface area (Å²) in [5, 5.41) is 4.07. The van der Waals surface area contributed by atoms with Crippen molar-refractivity contribution in [2.45, 2.75) is 25.7 Å². The smallest absolute Gasteiger partial charge is 0.261 e. The van der Waals surface area contributed by atoms with Crippen LogP contribution in [0.5, 0.6) is 5.75 Å². The van der Waals surface area contributed by atoms with Crippen molar-refractivity contribution in [3.8, 4) is 17.2 Å². The second-order valence-electron chi connectivity index (χ2n) is 4.86. The Labute approximate surface area is 117 Å². The van der Waals surface area contributed by atoms with E-state index in [1.54, 1.807) is 0 Å². The zero-order chi connectivity index (χ0) is 13.8. The topological polar surface area (TPSA) is 57.4 Å². The Bertz CT molecular complexity index is 562. The molecule has 1 atom stereocenters. The number of hydrogen-bond acceptors (Lipinski definition) is 5. The minimum atomic E-state index is 0.247. The van der Waals surface area contributed by atoms with Crippen LogP contribution in [0.2, 0.25) is 0 Å². The van der Waals surface area contributed by atoms with Crippen molar-refractivity contribution in [1.29, 1.82) is 0 Å². The Balaban J connectivity index is 1.85. The zero-order valence-corrected chi connectivity index (χ0v) is 11.5. The van der Waals surface area contributed by atoms with Crippen LogP contribution >= 0.6 is 0 Å². The number of rotatable bonds is 5. The molecule has 5 heteroatoms. The molecular weight excluding hydrogens is 256 g/mol. The molecule has 1 fully saturated rings. The first-order valence-corrected chi connectivity index (χ1v) is 7.02. The number of benzene rings is 1. The maximum Gasteiger partial charge on any atom is 0.261 e. The van der Waals surface area contributed by atoms with Crippen LogP contribution < -0.4 is 4.74 Å². The summed E-state index contributed by atoms with van der Waals surface area (Å²) >= 11 is 0. The maximum absolute atomic E-state index is 5.72. The summed E-state index contributed by atoms with van der Waals surface area (Å²) in [6.45, 7) is 4.19. The standard InChI is InChI=1S/C15H18N2O3/c1-2-8-19-13-6-4-3-5-12(13)15-16-14(17-20-15)11-7-9-18-10-11/h3-6,11H,2,7-10H2,1H3/t11-/m1/s1. The van der Waals surface area contributed by atoms with Crippen LogP contribution in [0.3, 0.4) is 0 Å². The van der Waals surface area contributed by atoms with Gasteiger partial charge in [0.25, 0.3) is 5.89 Å². The minimum Gasteiger partial charge on any atom is -0.493 e. The van der Waals surface area contributed by atoms with Gasteiger partial charge in [0.05, 0.1) is 18.8 Å². The van der Waals surface area contributed by atoms with Gasteiger partial charge in [-0.3, -0.25) is 0 Å². The molecular formula is C15H18N2O3. The van der Waals surface area contributed by atoms with Gasteiger partial charge in [0.1, 0.15) is 5.75 Å². The molecule has 1 aliphatic rings. The van der Waals surface area contributed by atoms with Crippen LogP contribution in [0.4, 0.5) is 0 Å². The lowest BCUT2D eigenvalue weighted by Crippen LogP contribution is -2.00. The van der Waals surface area contributed by atoms with Crippen LogP contribution in [0.25, 0.3) is 11.5 Å². The molecule has 0 N–H and O–H groups in total. The molecule has 2 heterocycles. The summed E-state index contributed by atoms with van der Waals surface area (Å²) < 4.78 is 16.5. The van der Waals surface area contributed by atoms with Crippen molar-refractivity contribution < 1.29 is 14.0 Å². The lowest BCUT2D eigenvalue weighted by Gasteiger charge is -2.07. The average molecular weight is 274 g/mol. The third-order valence-corrected chi connectivity index (χ3v) is 3.32.